The molecule has 0 saturated heterocycles. The molecular weight excluding hydrogens is 515 g/mol. The molecule has 0 spiro atoms. The molecule has 0 aliphatic carbocycles. The zero-order valence-corrected chi connectivity index (χ0v) is 21.7. The number of carbonyl (C=O) groups excluding carboxylic acids is 3. The maximum absolute atomic E-state index is 12.8. The number of ketones is 2. The number of ether oxygens (including phenoxy) is 1. The van der Waals surface area contributed by atoms with Gasteiger partial charge in [0.15, 0.2) is 11.6 Å². The van der Waals surface area contributed by atoms with Crippen LogP contribution in [0.25, 0.3) is 0 Å². The van der Waals surface area contributed by atoms with E-state index in [0.29, 0.717) is 12.8 Å². The van der Waals surface area contributed by atoms with E-state index in [0.717, 1.165) is 0 Å². The van der Waals surface area contributed by atoms with Gasteiger partial charge in [0.2, 0.25) is 0 Å². The Kier molecular flexibility index (Phi) is 11.1. The van der Waals surface area contributed by atoms with Crippen LogP contribution in [0.15, 0.2) is 0 Å². The van der Waals surface area contributed by atoms with Crippen LogP contribution in [-0.2, 0) is 31.0 Å². The van der Waals surface area contributed by atoms with Crippen molar-refractivity contribution in [3.63, 3.8) is 0 Å². The summed E-state index contributed by atoms with van der Waals surface area (Å²) in [5.74, 6) is -5.48. The molecule has 0 radical (unpaired) electrons. The molecule has 2 aromatic rings. The Labute approximate surface area is 216 Å². The summed E-state index contributed by atoms with van der Waals surface area (Å²) in [5.41, 5.74) is -2.02. The van der Waals surface area contributed by atoms with Crippen LogP contribution >= 0.6 is 0 Å². The first-order valence-corrected chi connectivity index (χ1v) is 11.5. The van der Waals surface area contributed by atoms with Gasteiger partial charge in [-0.05, 0) is 25.3 Å². The van der Waals surface area contributed by atoms with Crippen LogP contribution in [0.3, 0.4) is 0 Å². The van der Waals surface area contributed by atoms with Crippen molar-refractivity contribution in [3.8, 4) is 34.5 Å². The summed E-state index contributed by atoms with van der Waals surface area (Å²) in [6.07, 6.45) is 1.72. The molecule has 1 unspecified atom stereocenters. The maximum atomic E-state index is 12.8. The molecule has 0 bridgehead atoms. The van der Waals surface area contributed by atoms with Crippen molar-refractivity contribution >= 4 is 17.9 Å². The van der Waals surface area contributed by atoms with Gasteiger partial charge >= 0.3 is 19.8 Å². The van der Waals surface area contributed by atoms with Gasteiger partial charge in [0, 0.05) is 46.9 Å². The second-order valence-corrected chi connectivity index (χ2v) is 8.11. The summed E-state index contributed by atoms with van der Waals surface area (Å²) in [6.45, 7) is 6.51. The molecular formula is C25H29MnO10-. The van der Waals surface area contributed by atoms with Gasteiger partial charge in [-0.15, -0.1) is 0 Å². The number of hydrogen-bond acceptors (Lipinski definition) is 10. The van der Waals surface area contributed by atoms with Crippen molar-refractivity contribution in [3.05, 3.63) is 33.4 Å². The Hall–Kier alpha value is -3.43. The first kappa shape index (κ1) is 30.6. The van der Waals surface area contributed by atoms with E-state index in [1.54, 1.807) is 36.7 Å². The van der Waals surface area contributed by atoms with Crippen LogP contribution in [0.1, 0.15) is 83.0 Å². The van der Waals surface area contributed by atoms with Crippen LogP contribution in [0.4, 0.5) is 0 Å². The van der Waals surface area contributed by atoms with Gasteiger partial charge in [0.1, 0.15) is 28.6 Å². The minimum absolute atomic E-state index is 0.0223. The van der Waals surface area contributed by atoms with Crippen molar-refractivity contribution in [2.75, 3.05) is 7.11 Å². The minimum atomic E-state index is -0.919. The Morgan fingerprint density at radius 3 is 1.92 bits per heavy atom. The fourth-order valence-corrected chi connectivity index (χ4v) is 3.79. The van der Waals surface area contributed by atoms with Crippen LogP contribution in [0, 0.1) is 12.8 Å². The van der Waals surface area contributed by atoms with Crippen LogP contribution in [0.5, 0.6) is 34.5 Å². The third-order valence-electron chi connectivity index (χ3n) is 5.97. The van der Waals surface area contributed by atoms with E-state index in [1.165, 1.54) is 20.3 Å². The molecule has 0 saturated carbocycles. The molecule has 11 heteroatoms. The normalized spacial score (nSPS) is 11.2. The van der Waals surface area contributed by atoms with E-state index in [1.807, 2.05) is 0 Å². The van der Waals surface area contributed by atoms with E-state index < -0.39 is 69.3 Å². The van der Waals surface area contributed by atoms with Crippen LogP contribution < -0.4 is 4.74 Å². The molecule has 36 heavy (non-hydrogen) atoms. The van der Waals surface area contributed by atoms with E-state index >= 15 is 0 Å². The number of rotatable bonds is 10. The fourth-order valence-electron chi connectivity index (χ4n) is 3.79. The van der Waals surface area contributed by atoms with Crippen molar-refractivity contribution in [2.45, 2.75) is 53.4 Å². The molecule has 10 nitrogen and oxygen atoms in total. The number of phenols is 5. The second-order valence-electron chi connectivity index (χ2n) is 8.11. The van der Waals surface area contributed by atoms with E-state index in [-0.39, 0.29) is 28.9 Å². The molecule has 1 atom stereocenters. The summed E-state index contributed by atoms with van der Waals surface area (Å²) in [7, 11) is 1.28. The molecule has 0 aliphatic rings. The first-order valence-electron chi connectivity index (χ1n) is 11.0. The number of Topliss-reactive ketones (excluding diaryl/α,β-unsaturated/α-hetero) is 2. The topological polar surface area (TPSA) is 179 Å². The van der Waals surface area contributed by atoms with Gasteiger partial charge in [-0.2, -0.15) is 0 Å². The third kappa shape index (κ3) is 5.52. The third-order valence-corrected chi connectivity index (χ3v) is 5.97. The summed E-state index contributed by atoms with van der Waals surface area (Å²) in [5, 5.41) is 53.5. The SMILES string of the molecule is CCCC(=O)c1c(O)c(Cc2c(O)c([C-]=O)c(O)c(C(=O)C(C)CC)c2O)c(O)c(C)c1OC.[O]=[Mn]. The van der Waals surface area contributed by atoms with Gasteiger partial charge in [-0.1, -0.05) is 26.3 Å². The van der Waals surface area contributed by atoms with Gasteiger partial charge < -0.3 is 35.1 Å². The monoisotopic (exact) mass is 544 g/mol. The summed E-state index contributed by atoms with van der Waals surface area (Å²) >= 11 is 1.69. The van der Waals surface area contributed by atoms with Gasteiger partial charge in [0.25, 0.3) is 0 Å². The Balaban J connectivity index is 0.00000316. The quantitative estimate of drug-likeness (QED) is 0.168. The summed E-state index contributed by atoms with van der Waals surface area (Å²) in [6, 6.07) is 0. The number of benzene rings is 2. The molecule has 0 aliphatic heterocycles. The first-order chi connectivity index (χ1) is 17.0. The number of carbonyl (C=O) groups is 2. The Bertz CT molecular complexity index is 1170. The number of methoxy groups -OCH3 is 1. The van der Waals surface area contributed by atoms with Gasteiger partial charge in [0.05, 0.1) is 13.4 Å². The Morgan fingerprint density at radius 1 is 0.917 bits per heavy atom. The number of hydrogen-bond donors (Lipinski definition) is 5. The van der Waals surface area contributed by atoms with Crippen molar-refractivity contribution in [1.82, 2.24) is 0 Å². The standard InChI is InChI=1S/C25H29O9.Mn.O/c1-6-8-16(27)17-22(31)13(20(29)12(4)25(17)34-5)9-14-21(30)15(10-26)24(33)18(23(14)32)19(28)11(3)7-2;;/h11,29-33H,6-9H2,1-5H3;;/q-1;;. The summed E-state index contributed by atoms with van der Waals surface area (Å²) in [4.78, 5) is 37.0. The van der Waals surface area contributed by atoms with Crippen molar-refractivity contribution < 1.29 is 64.4 Å². The van der Waals surface area contributed by atoms with Crippen molar-refractivity contribution in [2.24, 2.45) is 5.92 Å². The van der Waals surface area contributed by atoms with E-state index in [4.69, 9.17) is 8.57 Å². The molecule has 197 valence electrons. The van der Waals surface area contributed by atoms with Gasteiger partial charge in [-0.3, -0.25) is 9.59 Å². The second kappa shape index (κ2) is 13.0. The molecule has 0 fully saturated rings. The molecule has 2 rings (SSSR count). The molecule has 5 N–H and O–H groups in total. The van der Waals surface area contributed by atoms with Crippen molar-refractivity contribution in [1.29, 1.82) is 0 Å². The molecule has 0 heterocycles. The van der Waals surface area contributed by atoms with E-state index in [9.17, 15) is 39.9 Å². The number of aromatic hydroxyl groups is 5. The fraction of sp³-hybridized carbons (Fsp3) is 0.400. The average Bonchev–Trinajstić information content (AvgIpc) is 2.86. The predicted octanol–water partition coefficient (Wildman–Crippen LogP) is 3.67. The van der Waals surface area contributed by atoms with Gasteiger partial charge in [-0.25, -0.2) is 0 Å². The summed E-state index contributed by atoms with van der Waals surface area (Å²) < 4.78 is 13.3. The zero-order chi connectivity index (χ0) is 27.9. The zero-order valence-electron chi connectivity index (χ0n) is 20.6. The average molecular weight is 544 g/mol. The predicted molar refractivity (Wildman–Crippen MR) is 124 cm³/mol. The Morgan fingerprint density at radius 2 is 1.44 bits per heavy atom. The number of phenolic OH excluding ortho intramolecular Hbond substituents is 5. The van der Waals surface area contributed by atoms with Crippen LogP contribution in [0.2, 0.25) is 0 Å². The molecule has 2 aromatic carbocycles. The van der Waals surface area contributed by atoms with Crippen LogP contribution in [-0.4, -0.2) is 50.5 Å². The molecule has 0 amide bonds. The van der Waals surface area contributed by atoms with E-state index in [2.05, 4.69) is 0 Å². The molecule has 0 aromatic heterocycles.